The molecule has 0 spiro atoms. The second kappa shape index (κ2) is 7.56. The third-order valence-corrected chi connectivity index (χ3v) is 4.99. The van der Waals surface area contributed by atoms with E-state index in [1.54, 1.807) is 0 Å². The largest absolute Gasteiger partial charge is 0.444 e. The van der Waals surface area contributed by atoms with Gasteiger partial charge >= 0.3 is 6.09 Å². The van der Waals surface area contributed by atoms with E-state index in [0.29, 0.717) is 11.8 Å². The Morgan fingerprint density at radius 2 is 1.83 bits per heavy atom. The lowest BCUT2D eigenvalue weighted by Crippen LogP contribution is -2.60. The molecule has 0 aliphatic carbocycles. The van der Waals surface area contributed by atoms with Gasteiger partial charge in [-0.1, -0.05) is 44.2 Å². The molecule has 1 aromatic carbocycles. The Morgan fingerprint density at radius 1 is 1.21 bits per heavy atom. The minimum absolute atomic E-state index is 0.0901. The molecular formula is C20H32N2O2. The zero-order valence-corrected chi connectivity index (χ0v) is 15.9. The lowest BCUT2D eigenvalue weighted by molar-refractivity contribution is 0.0197. The highest BCUT2D eigenvalue weighted by Crippen LogP contribution is 2.29. The summed E-state index contributed by atoms with van der Waals surface area (Å²) in [4.78, 5) is 14.7. The average molecular weight is 332 g/mol. The van der Waals surface area contributed by atoms with Crippen LogP contribution in [0.5, 0.6) is 0 Å². The SMILES string of the molecule is C[C@H]1[C@@H](NC(=O)OC(C)(C)C)[C@@H](C)N(Cc2ccccc2)C[C@@H]1C. The standard InChI is InChI=1S/C20H32N2O2/c1-14-12-22(13-17-10-8-7-9-11-17)16(3)18(15(14)2)21-19(23)24-20(4,5)6/h7-11,14-16,18H,12-13H2,1-6H3,(H,21,23)/t14-,15+,16+,18+/m0/s1. The molecular weight excluding hydrogens is 300 g/mol. The number of alkyl carbamates (subject to hydrolysis) is 1. The first-order valence-electron chi connectivity index (χ1n) is 8.95. The zero-order chi connectivity index (χ0) is 17.9. The molecule has 134 valence electrons. The molecule has 0 saturated carbocycles. The van der Waals surface area contributed by atoms with Crippen LogP contribution in [0.1, 0.15) is 47.1 Å². The minimum Gasteiger partial charge on any atom is -0.444 e. The van der Waals surface area contributed by atoms with Crippen LogP contribution in [-0.2, 0) is 11.3 Å². The summed E-state index contributed by atoms with van der Waals surface area (Å²) in [5.74, 6) is 0.935. The van der Waals surface area contributed by atoms with Crippen molar-refractivity contribution < 1.29 is 9.53 Å². The van der Waals surface area contributed by atoms with Crippen LogP contribution >= 0.6 is 0 Å². The highest BCUT2D eigenvalue weighted by molar-refractivity contribution is 5.68. The molecule has 0 aromatic heterocycles. The molecule has 1 heterocycles. The van der Waals surface area contributed by atoms with Crippen LogP contribution in [0.2, 0.25) is 0 Å². The number of hydrogen-bond donors (Lipinski definition) is 1. The fraction of sp³-hybridized carbons (Fsp3) is 0.650. The van der Waals surface area contributed by atoms with Crippen molar-refractivity contribution in [2.24, 2.45) is 11.8 Å². The number of rotatable bonds is 3. The van der Waals surface area contributed by atoms with Gasteiger partial charge in [-0.2, -0.15) is 0 Å². The number of hydrogen-bond acceptors (Lipinski definition) is 3. The van der Waals surface area contributed by atoms with Crippen molar-refractivity contribution in [3.8, 4) is 0 Å². The lowest BCUT2D eigenvalue weighted by atomic mass is 9.80. The molecule has 1 fully saturated rings. The van der Waals surface area contributed by atoms with Crippen LogP contribution in [0.4, 0.5) is 4.79 Å². The molecule has 1 amide bonds. The lowest BCUT2D eigenvalue weighted by Gasteiger charge is -2.46. The Labute approximate surface area is 146 Å². The summed E-state index contributed by atoms with van der Waals surface area (Å²) in [5, 5.41) is 3.12. The number of benzene rings is 1. The summed E-state index contributed by atoms with van der Waals surface area (Å²) >= 11 is 0. The van der Waals surface area contributed by atoms with Gasteiger partial charge in [-0.05, 0) is 45.1 Å². The fourth-order valence-electron chi connectivity index (χ4n) is 3.44. The Balaban J connectivity index is 2.07. The number of carbonyl (C=O) groups excluding carboxylic acids is 1. The Morgan fingerprint density at radius 3 is 2.42 bits per heavy atom. The third-order valence-electron chi connectivity index (χ3n) is 4.99. The van der Waals surface area contributed by atoms with Gasteiger partial charge in [0, 0.05) is 19.1 Å². The van der Waals surface area contributed by atoms with Crippen LogP contribution in [0.3, 0.4) is 0 Å². The van der Waals surface area contributed by atoms with Gasteiger partial charge in [-0.25, -0.2) is 4.79 Å². The molecule has 2 rings (SSSR count). The number of nitrogens with one attached hydrogen (secondary N) is 1. The summed E-state index contributed by atoms with van der Waals surface area (Å²) in [5.41, 5.74) is 0.836. The molecule has 1 aliphatic rings. The smallest absolute Gasteiger partial charge is 0.407 e. The molecule has 1 aromatic rings. The van der Waals surface area contributed by atoms with Gasteiger partial charge in [0.25, 0.3) is 0 Å². The van der Waals surface area contributed by atoms with Gasteiger partial charge in [-0.3, -0.25) is 4.90 Å². The zero-order valence-electron chi connectivity index (χ0n) is 15.9. The second-order valence-electron chi connectivity index (χ2n) is 8.16. The Bertz CT molecular complexity index is 538. The fourth-order valence-corrected chi connectivity index (χ4v) is 3.44. The molecule has 0 bridgehead atoms. The first kappa shape index (κ1) is 18.8. The maximum Gasteiger partial charge on any atom is 0.407 e. The van der Waals surface area contributed by atoms with Crippen LogP contribution in [-0.4, -0.2) is 35.2 Å². The highest BCUT2D eigenvalue weighted by atomic mass is 16.6. The van der Waals surface area contributed by atoms with Crippen molar-refractivity contribution in [3.63, 3.8) is 0 Å². The van der Waals surface area contributed by atoms with Crippen molar-refractivity contribution in [2.75, 3.05) is 6.54 Å². The van der Waals surface area contributed by atoms with E-state index in [2.05, 4.69) is 55.3 Å². The number of amides is 1. The van der Waals surface area contributed by atoms with Gasteiger partial charge in [0.2, 0.25) is 0 Å². The van der Waals surface area contributed by atoms with Crippen LogP contribution in [0.15, 0.2) is 30.3 Å². The molecule has 4 heteroatoms. The van der Waals surface area contributed by atoms with Crippen LogP contribution < -0.4 is 5.32 Å². The number of ether oxygens (including phenoxy) is 1. The number of carbonyl (C=O) groups is 1. The van der Waals surface area contributed by atoms with Crippen LogP contribution in [0, 0.1) is 11.8 Å². The number of piperidine rings is 1. The molecule has 1 N–H and O–H groups in total. The highest BCUT2D eigenvalue weighted by Gasteiger charge is 2.38. The van der Waals surface area contributed by atoms with Crippen molar-refractivity contribution >= 4 is 6.09 Å². The van der Waals surface area contributed by atoms with E-state index in [-0.39, 0.29) is 18.2 Å². The van der Waals surface area contributed by atoms with Crippen molar-refractivity contribution in [3.05, 3.63) is 35.9 Å². The number of likely N-dealkylation sites (tertiary alicyclic amines) is 1. The first-order valence-corrected chi connectivity index (χ1v) is 8.95. The van der Waals surface area contributed by atoms with E-state index in [1.165, 1.54) is 5.56 Å². The van der Waals surface area contributed by atoms with Gasteiger partial charge < -0.3 is 10.1 Å². The van der Waals surface area contributed by atoms with E-state index in [1.807, 2.05) is 26.8 Å². The van der Waals surface area contributed by atoms with Gasteiger partial charge in [0.15, 0.2) is 0 Å². The van der Waals surface area contributed by atoms with Gasteiger partial charge in [0.05, 0.1) is 6.04 Å². The van der Waals surface area contributed by atoms with Gasteiger partial charge in [0.1, 0.15) is 5.60 Å². The topological polar surface area (TPSA) is 41.6 Å². The maximum atomic E-state index is 12.2. The monoisotopic (exact) mass is 332 g/mol. The van der Waals surface area contributed by atoms with Crippen molar-refractivity contribution in [2.45, 2.75) is 65.8 Å². The van der Waals surface area contributed by atoms with Gasteiger partial charge in [-0.15, -0.1) is 0 Å². The quantitative estimate of drug-likeness (QED) is 0.907. The van der Waals surface area contributed by atoms with Crippen LogP contribution in [0.25, 0.3) is 0 Å². The summed E-state index contributed by atoms with van der Waals surface area (Å²) < 4.78 is 5.46. The van der Waals surface area contributed by atoms with E-state index in [4.69, 9.17) is 4.74 Å². The predicted octanol–water partition coefficient (Wildman–Crippen LogP) is 4.06. The molecule has 24 heavy (non-hydrogen) atoms. The van der Waals surface area contributed by atoms with E-state index in [0.717, 1.165) is 13.1 Å². The molecule has 4 atom stereocenters. The van der Waals surface area contributed by atoms with E-state index >= 15 is 0 Å². The average Bonchev–Trinajstić information content (AvgIpc) is 2.48. The molecule has 0 radical (unpaired) electrons. The summed E-state index contributed by atoms with van der Waals surface area (Å²) in [7, 11) is 0. The molecule has 4 nitrogen and oxygen atoms in total. The first-order chi connectivity index (χ1) is 11.2. The third kappa shape index (κ3) is 4.97. The summed E-state index contributed by atoms with van der Waals surface area (Å²) in [6, 6.07) is 10.9. The van der Waals surface area contributed by atoms with Crippen molar-refractivity contribution in [1.29, 1.82) is 0 Å². The predicted molar refractivity (Wildman–Crippen MR) is 97.8 cm³/mol. The minimum atomic E-state index is -0.472. The molecule has 0 unspecified atom stereocenters. The second-order valence-corrected chi connectivity index (χ2v) is 8.16. The van der Waals surface area contributed by atoms with E-state index in [9.17, 15) is 4.79 Å². The molecule has 1 saturated heterocycles. The Hall–Kier alpha value is -1.55. The number of nitrogens with zero attached hydrogens (tertiary/aromatic N) is 1. The maximum absolute atomic E-state index is 12.2. The van der Waals surface area contributed by atoms with E-state index < -0.39 is 5.60 Å². The normalized spacial score (nSPS) is 28.4. The Kier molecular flexibility index (Phi) is 5.92. The summed E-state index contributed by atoms with van der Waals surface area (Å²) in [6.07, 6.45) is -0.319. The summed E-state index contributed by atoms with van der Waals surface area (Å²) in [6.45, 7) is 14.3. The molecule has 1 aliphatic heterocycles. The van der Waals surface area contributed by atoms with Crippen molar-refractivity contribution in [1.82, 2.24) is 10.2 Å².